The van der Waals surface area contributed by atoms with Crippen LogP contribution in [0.2, 0.25) is 0 Å². The van der Waals surface area contributed by atoms with E-state index in [9.17, 15) is 18.8 Å². The van der Waals surface area contributed by atoms with E-state index in [1.54, 1.807) is 41.3 Å². The van der Waals surface area contributed by atoms with Crippen molar-refractivity contribution >= 4 is 17.7 Å². The third-order valence-corrected chi connectivity index (χ3v) is 5.57. The molecular formula is C26H24FN3O3. The van der Waals surface area contributed by atoms with Crippen LogP contribution in [0.1, 0.15) is 27.0 Å². The van der Waals surface area contributed by atoms with Crippen molar-refractivity contribution in [1.29, 1.82) is 0 Å². The Hall–Kier alpha value is -4.00. The number of nitrogens with one attached hydrogen (secondary N) is 1. The Bertz CT molecular complexity index is 1130. The molecule has 1 fully saturated rings. The molecule has 0 spiro atoms. The van der Waals surface area contributed by atoms with Gasteiger partial charge >= 0.3 is 11.8 Å². The van der Waals surface area contributed by atoms with Crippen molar-refractivity contribution in [2.45, 2.75) is 19.6 Å². The number of hydrogen-bond donors (Lipinski definition) is 1. The molecule has 4 rings (SSSR count). The van der Waals surface area contributed by atoms with Crippen LogP contribution in [0, 0.1) is 5.82 Å². The molecule has 7 heteroatoms. The van der Waals surface area contributed by atoms with E-state index in [1.807, 2.05) is 30.3 Å². The number of amides is 3. The monoisotopic (exact) mass is 445 g/mol. The van der Waals surface area contributed by atoms with Gasteiger partial charge in [-0.2, -0.15) is 0 Å². The van der Waals surface area contributed by atoms with Crippen molar-refractivity contribution in [3.63, 3.8) is 0 Å². The fraction of sp³-hybridized carbons (Fsp3) is 0.192. The minimum absolute atomic E-state index is 0.244. The molecule has 1 heterocycles. The molecule has 3 aromatic carbocycles. The highest BCUT2D eigenvalue weighted by molar-refractivity contribution is 6.35. The first-order valence-electron chi connectivity index (χ1n) is 10.7. The number of nitrogens with zero attached hydrogens (tertiary/aromatic N) is 2. The lowest BCUT2D eigenvalue weighted by molar-refractivity contribution is -0.156. The molecule has 0 radical (unpaired) electrons. The smallest absolute Gasteiger partial charge is 0.312 e. The Kier molecular flexibility index (Phi) is 6.78. The van der Waals surface area contributed by atoms with Gasteiger partial charge in [0.15, 0.2) is 0 Å². The maximum atomic E-state index is 13.0. The number of carbonyl (C=O) groups excluding carboxylic acids is 3. The Morgan fingerprint density at radius 2 is 1.24 bits per heavy atom. The molecule has 6 nitrogen and oxygen atoms in total. The van der Waals surface area contributed by atoms with Crippen LogP contribution >= 0.6 is 0 Å². The molecule has 168 valence electrons. The minimum atomic E-state index is -0.515. The van der Waals surface area contributed by atoms with Crippen LogP contribution in [0.4, 0.5) is 4.39 Å². The van der Waals surface area contributed by atoms with E-state index in [0.29, 0.717) is 38.3 Å². The van der Waals surface area contributed by atoms with Crippen molar-refractivity contribution in [2.75, 3.05) is 13.1 Å². The molecule has 1 aliphatic rings. The van der Waals surface area contributed by atoms with E-state index in [-0.39, 0.29) is 11.7 Å². The largest absolute Gasteiger partial charge is 0.348 e. The molecule has 0 bridgehead atoms. The summed E-state index contributed by atoms with van der Waals surface area (Å²) in [7, 11) is 0. The summed E-state index contributed by atoms with van der Waals surface area (Å²) in [5, 5.41) is 2.80. The second-order valence-corrected chi connectivity index (χ2v) is 7.95. The van der Waals surface area contributed by atoms with E-state index in [2.05, 4.69) is 5.32 Å². The van der Waals surface area contributed by atoms with Crippen LogP contribution in [-0.2, 0) is 29.2 Å². The summed E-state index contributed by atoms with van der Waals surface area (Å²) in [6, 6.07) is 22.5. The minimum Gasteiger partial charge on any atom is -0.348 e. The van der Waals surface area contributed by atoms with Gasteiger partial charge in [-0.15, -0.1) is 0 Å². The topological polar surface area (TPSA) is 69.7 Å². The first-order chi connectivity index (χ1) is 16.0. The fourth-order valence-corrected chi connectivity index (χ4v) is 3.69. The van der Waals surface area contributed by atoms with Gasteiger partial charge in [0.1, 0.15) is 5.82 Å². The standard InChI is InChI=1S/C26H24FN3O3/c27-23-12-8-19(9-13-23)16-28-24(31)22-10-6-21(7-11-22)18-30-15-14-29(25(32)26(30)33)17-20-4-2-1-3-5-20/h1-13H,14-18H2,(H,28,31). The molecular weight excluding hydrogens is 421 g/mol. The highest BCUT2D eigenvalue weighted by Crippen LogP contribution is 2.14. The van der Waals surface area contributed by atoms with Crippen LogP contribution in [0.3, 0.4) is 0 Å². The maximum Gasteiger partial charge on any atom is 0.312 e. The van der Waals surface area contributed by atoms with E-state index >= 15 is 0 Å². The first-order valence-corrected chi connectivity index (χ1v) is 10.7. The molecule has 3 amide bonds. The average molecular weight is 445 g/mol. The lowest BCUT2D eigenvalue weighted by Crippen LogP contribution is -2.53. The van der Waals surface area contributed by atoms with Crippen molar-refractivity contribution in [3.8, 4) is 0 Å². The van der Waals surface area contributed by atoms with E-state index in [4.69, 9.17) is 0 Å². The maximum absolute atomic E-state index is 13.0. The summed E-state index contributed by atoms with van der Waals surface area (Å²) in [5.41, 5.74) is 3.11. The van der Waals surface area contributed by atoms with Gasteiger partial charge in [-0.05, 0) is 41.0 Å². The first kappa shape index (κ1) is 22.2. The Balaban J connectivity index is 1.30. The van der Waals surface area contributed by atoms with Gasteiger partial charge in [0.05, 0.1) is 0 Å². The number of hydrogen-bond acceptors (Lipinski definition) is 3. The molecule has 0 unspecified atom stereocenters. The molecule has 33 heavy (non-hydrogen) atoms. The van der Waals surface area contributed by atoms with Gasteiger partial charge in [-0.3, -0.25) is 14.4 Å². The van der Waals surface area contributed by atoms with Gasteiger partial charge in [-0.25, -0.2) is 4.39 Å². The van der Waals surface area contributed by atoms with Crippen LogP contribution in [-0.4, -0.2) is 40.6 Å². The molecule has 1 saturated heterocycles. The number of halogens is 1. The van der Waals surface area contributed by atoms with E-state index in [0.717, 1.165) is 16.7 Å². The predicted octanol–water partition coefficient (Wildman–Crippen LogP) is 3.13. The second kappa shape index (κ2) is 10.1. The van der Waals surface area contributed by atoms with Crippen LogP contribution in [0.5, 0.6) is 0 Å². The molecule has 1 aliphatic heterocycles. The SMILES string of the molecule is O=C(NCc1ccc(F)cc1)c1ccc(CN2CCN(Cc3ccccc3)C(=O)C2=O)cc1. The highest BCUT2D eigenvalue weighted by atomic mass is 19.1. The van der Waals surface area contributed by atoms with Crippen molar-refractivity contribution < 1.29 is 18.8 Å². The Morgan fingerprint density at radius 1 is 0.727 bits per heavy atom. The molecule has 1 N–H and O–H groups in total. The lowest BCUT2D eigenvalue weighted by atomic mass is 10.1. The fourth-order valence-electron chi connectivity index (χ4n) is 3.69. The zero-order chi connectivity index (χ0) is 23.2. The summed E-state index contributed by atoms with van der Waals surface area (Å²) in [4.78, 5) is 40.6. The summed E-state index contributed by atoms with van der Waals surface area (Å²) < 4.78 is 13.0. The van der Waals surface area contributed by atoms with E-state index in [1.165, 1.54) is 17.0 Å². The Morgan fingerprint density at radius 3 is 1.82 bits per heavy atom. The van der Waals surface area contributed by atoms with Gasteiger partial charge in [0.25, 0.3) is 5.91 Å². The molecule has 0 aromatic heterocycles. The molecule has 0 saturated carbocycles. The third kappa shape index (κ3) is 5.63. The number of rotatable bonds is 7. The van der Waals surface area contributed by atoms with Crippen LogP contribution < -0.4 is 5.32 Å². The van der Waals surface area contributed by atoms with Crippen LogP contribution in [0.15, 0.2) is 78.9 Å². The third-order valence-electron chi connectivity index (χ3n) is 5.57. The predicted molar refractivity (Wildman–Crippen MR) is 121 cm³/mol. The van der Waals surface area contributed by atoms with Gasteiger partial charge < -0.3 is 15.1 Å². The van der Waals surface area contributed by atoms with Crippen molar-refractivity contribution in [2.24, 2.45) is 0 Å². The lowest BCUT2D eigenvalue weighted by Gasteiger charge is -2.33. The van der Waals surface area contributed by atoms with Gasteiger partial charge in [0.2, 0.25) is 0 Å². The zero-order valence-electron chi connectivity index (χ0n) is 18.0. The summed E-state index contributed by atoms with van der Waals surface area (Å²) in [5.74, 6) is -1.58. The number of carbonyl (C=O) groups is 3. The number of piperazine rings is 1. The van der Waals surface area contributed by atoms with Gasteiger partial charge in [0, 0.05) is 38.3 Å². The van der Waals surface area contributed by atoms with Crippen molar-refractivity contribution in [1.82, 2.24) is 15.1 Å². The van der Waals surface area contributed by atoms with E-state index < -0.39 is 11.8 Å². The summed E-state index contributed by atoms with van der Waals surface area (Å²) in [6.45, 7) is 1.95. The number of benzene rings is 3. The second-order valence-electron chi connectivity index (χ2n) is 7.95. The average Bonchev–Trinajstić information content (AvgIpc) is 2.84. The highest BCUT2D eigenvalue weighted by Gasteiger charge is 2.32. The quantitative estimate of drug-likeness (QED) is 0.568. The van der Waals surface area contributed by atoms with Crippen LogP contribution in [0.25, 0.3) is 0 Å². The van der Waals surface area contributed by atoms with Crippen molar-refractivity contribution in [3.05, 3.63) is 107 Å². The molecule has 3 aromatic rings. The normalized spacial score (nSPS) is 13.8. The zero-order valence-corrected chi connectivity index (χ0v) is 18.0. The summed E-state index contributed by atoms with van der Waals surface area (Å²) in [6.07, 6.45) is 0. The molecule has 0 atom stereocenters. The Labute approximate surface area is 191 Å². The van der Waals surface area contributed by atoms with Gasteiger partial charge in [-0.1, -0.05) is 54.6 Å². The molecule has 0 aliphatic carbocycles. The summed E-state index contributed by atoms with van der Waals surface area (Å²) >= 11 is 0.